The second kappa shape index (κ2) is 6.88. The van der Waals surface area contributed by atoms with Gasteiger partial charge in [0.05, 0.1) is 0 Å². The van der Waals surface area contributed by atoms with Crippen LogP contribution in [0.5, 0.6) is 0 Å². The predicted molar refractivity (Wildman–Crippen MR) is 81.9 cm³/mol. The first-order chi connectivity index (χ1) is 9.97. The number of nitrogens with zero attached hydrogens (tertiary/aromatic N) is 2. The van der Waals surface area contributed by atoms with Gasteiger partial charge in [-0.25, -0.2) is 0 Å². The Labute approximate surface area is 127 Å². The van der Waals surface area contributed by atoms with Crippen molar-refractivity contribution in [2.75, 3.05) is 13.2 Å². The monoisotopic (exact) mass is 295 g/mol. The van der Waals surface area contributed by atoms with Gasteiger partial charge < -0.3 is 15.0 Å². The Kier molecular flexibility index (Phi) is 5.38. The molecule has 3 atom stereocenters. The van der Waals surface area contributed by atoms with Crippen LogP contribution in [0.15, 0.2) is 4.52 Å². The molecule has 0 amide bonds. The molecule has 0 saturated heterocycles. The van der Waals surface area contributed by atoms with E-state index in [0.717, 1.165) is 18.7 Å². The molecular weight excluding hydrogens is 266 g/mol. The summed E-state index contributed by atoms with van der Waals surface area (Å²) in [6.07, 6.45) is 4.58. The van der Waals surface area contributed by atoms with Crippen LogP contribution in [0, 0.1) is 11.3 Å². The van der Waals surface area contributed by atoms with E-state index in [9.17, 15) is 0 Å². The van der Waals surface area contributed by atoms with Crippen LogP contribution in [0.25, 0.3) is 0 Å². The molecule has 5 nitrogen and oxygen atoms in total. The molecule has 0 aromatic carbocycles. The van der Waals surface area contributed by atoms with Crippen LogP contribution in [0.4, 0.5) is 0 Å². The fourth-order valence-electron chi connectivity index (χ4n) is 3.20. The van der Waals surface area contributed by atoms with E-state index in [1.807, 2.05) is 6.92 Å². The topological polar surface area (TPSA) is 74.2 Å². The fourth-order valence-corrected chi connectivity index (χ4v) is 3.20. The number of nitrogens with two attached hydrogens (primary N) is 1. The molecule has 120 valence electrons. The van der Waals surface area contributed by atoms with E-state index in [2.05, 4.69) is 30.9 Å². The van der Waals surface area contributed by atoms with E-state index in [-0.39, 0.29) is 11.5 Å². The molecule has 21 heavy (non-hydrogen) atoms. The number of ether oxygens (including phenoxy) is 1. The predicted octanol–water partition coefficient (Wildman–Crippen LogP) is 3.43. The first kappa shape index (κ1) is 16.4. The zero-order valence-electron chi connectivity index (χ0n) is 13.8. The van der Waals surface area contributed by atoms with Gasteiger partial charge >= 0.3 is 0 Å². The van der Waals surface area contributed by atoms with Crippen LogP contribution < -0.4 is 5.73 Å². The summed E-state index contributed by atoms with van der Waals surface area (Å²) in [5.74, 6) is 2.19. The number of hydrogen-bond donors (Lipinski definition) is 1. The van der Waals surface area contributed by atoms with Crippen LogP contribution in [0.3, 0.4) is 0 Å². The van der Waals surface area contributed by atoms with Crippen molar-refractivity contribution in [2.24, 2.45) is 17.1 Å². The first-order valence-corrected chi connectivity index (χ1v) is 8.12. The summed E-state index contributed by atoms with van der Waals surface area (Å²) in [5, 5.41) is 4.19. The summed E-state index contributed by atoms with van der Waals surface area (Å²) in [6, 6.07) is 0. The Morgan fingerprint density at radius 2 is 2.05 bits per heavy atom. The Balaban J connectivity index is 2.19. The van der Waals surface area contributed by atoms with Gasteiger partial charge in [-0.1, -0.05) is 38.8 Å². The normalized spacial score (nSPS) is 25.0. The zero-order valence-corrected chi connectivity index (χ0v) is 13.8. The SMILES string of the molecule is CCOC(c1noc(C2CCCCC2CN)n1)C(C)(C)C. The molecule has 1 aliphatic carbocycles. The van der Waals surface area contributed by atoms with Crippen LogP contribution in [0.1, 0.15) is 77.1 Å². The first-order valence-electron chi connectivity index (χ1n) is 8.12. The Morgan fingerprint density at radius 3 is 2.67 bits per heavy atom. The highest BCUT2D eigenvalue weighted by Gasteiger charge is 2.34. The molecule has 2 rings (SSSR count). The molecular formula is C16H29N3O2. The molecule has 1 aromatic heterocycles. The molecule has 5 heteroatoms. The van der Waals surface area contributed by atoms with Gasteiger partial charge in [-0.3, -0.25) is 0 Å². The van der Waals surface area contributed by atoms with Crippen molar-refractivity contribution in [2.45, 2.75) is 65.4 Å². The summed E-state index contributed by atoms with van der Waals surface area (Å²) in [5.41, 5.74) is 5.84. The lowest BCUT2D eigenvalue weighted by atomic mass is 9.79. The highest BCUT2D eigenvalue weighted by molar-refractivity contribution is 5.02. The summed E-state index contributed by atoms with van der Waals surface area (Å²) in [6.45, 7) is 9.72. The largest absolute Gasteiger partial charge is 0.370 e. The van der Waals surface area contributed by atoms with E-state index < -0.39 is 0 Å². The molecule has 0 radical (unpaired) electrons. The molecule has 0 aliphatic heterocycles. The quantitative estimate of drug-likeness (QED) is 0.900. The molecule has 3 unspecified atom stereocenters. The average Bonchev–Trinajstić information content (AvgIpc) is 2.92. The number of hydrogen-bond acceptors (Lipinski definition) is 5. The third-order valence-corrected chi connectivity index (χ3v) is 4.34. The van der Waals surface area contributed by atoms with Gasteiger partial charge in [-0.15, -0.1) is 0 Å². The molecule has 1 saturated carbocycles. The lowest BCUT2D eigenvalue weighted by Gasteiger charge is -2.28. The summed E-state index contributed by atoms with van der Waals surface area (Å²) < 4.78 is 11.4. The van der Waals surface area contributed by atoms with E-state index in [4.69, 9.17) is 15.0 Å². The molecule has 1 aliphatic rings. The van der Waals surface area contributed by atoms with Crippen molar-refractivity contribution in [1.82, 2.24) is 10.1 Å². The molecule has 1 fully saturated rings. The molecule has 1 aromatic rings. The standard InChI is InChI=1S/C16H29N3O2/c1-5-20-13(16(2,3)4)14-18-15(21-19-14)12-9-7-6-8-11(12)10-17/h11-13H,5-10,17H2,1-4H3. The van der Waals surface area contributed by atoms with E-state index in [0.29, 0.717) is 30.8 Å². The minimum atomic E-state index is -0.139. The highest BCUT2D eigenvalue weighted by atomic mass is 16.5. The van der Waals surface area contributed by atoms with Crippen LogP contribution in [0.2, 0.25) is 0 Å². The summed E-state index contributed by atoms with van der Waals surface area (Å²) in [7, 11) is 0. The van der Waals surface area contributed by atoms with Crippen LogP contribution in [-0.4, -0.2) is 23.3 Å². The third kappa shape index (κ3) is 3.83. The van der Waals surface area contributed by atoms with Crippen molar-refractivity contribution in [3.8, 4) is 0 Å². The summed E-state index contributed by atoms with van der Waals surface area (Å²) >= 11 is 0. The minimum absolute atomic E-state index is 0.0585. The fraction of sp³-hybridized carbons (Fsp3) is 0.875. The Morgan fingerprint density at radius 1 is 1.33 bits per heavy atom. The number of rotatable bonds is 5. The minimum Gasteiger partial charge on any atom is -0.370 e. The lowest BCUT2D eigenvalue weighted by Crippen LogP contribution is -2.26. The van der Waals surface area contributed by atoms with Gasteiger partial charge in [0.25, 0.3) is 0 Å². The Bertz CT molecular complexity index is 439. The van der Waals surface area contributed by atoms with E-state index in [1.165, 1.54) is 12.8 Å². The van der Waals surface area contributed by atoms with Crippen molar-refractivity contribution in [3.63, 3.8) is 0 Å². The van der Waals surface area contributed by atoms with Crippen molar-refractivity contribution >= 4 is 0 Å². The highest BCUT2D eigenvalue weighted by Crippen LogP contribution is 2.39. The van der Waals surface area contributed by atoms with Crippen molar-refractivity contribution < 1.29 is 9.26 Å². The molecule has 2 N–H and O–H groups in total. The maximum absolute atomic E-state index is 5.90. The zero-order chi connectivity index (χ0) is 15.5. The molecule has 0 spiro atoms. The van der Waals surface area contributed by atoms with Gasteiger partial charge in [0, 0.05) is 12.5 Å². The van der Waals surface area contributed by atoms with Gasteiger partial charge in [0.15, 0.2) is 0 Å². The average molecular weight is 295 g/mol. The van der Waals surface area contributed by atoms with Gasteiger partial charge in [0.2, 0.25) is 11.7 Å². The van der Waals surface area contributed by atoms with Crippen LogP contribution in [-0.2, 0) is 4.74 Å². The Hall–Kier alpha value is -0.940. The lowest BCUT2D eigenvalue weighted by molar-refractivity contribution is -0.0203. The third-order valence-electron chi connectivity index (χ3n) is 4.34. The molecule has 0 bridgehead atoms. The van der Waals surface area contributed by atoms with Crippen molar-refractivity contribution in [1.29, 1.82) is 0 Å². The van der Waals surface area contributed by atoms with Gasteiger partial charge in [-0.2, -0.15) is 4.98 Å². The number of aromatic nitrogens is 2. The van der Waals surface area contributed by atoms with E-state index >= 15 is 0 Å². The van der Waals surface area contributed by atoms with Crippen molar-refractivity contribution in [3.05, 3.63) is 11.7 Å². The van der Waals surface area contributed by atoms with E-state index in [1.54, 1.807) is 0 Å². The van der Waals surface area contributed by atoms with Crippen LogP contribution >= 0.6 is 0 Å². The van der Waals surface area contributed by atoms with Gasteiger partial charge in [0.1, 0.15) is 6.10 Å². The second-order valence-corrected chi connectivity index (χ2v) is 7.08. The summed E-state index contributed by atoms with van der Waals surface area (Å²) in [4.78, 5) is 4.66. The smallest absolute Gasteiger partial charge is 0.230 e. The second-order valence-electron chi connectivity index (χ2n) is 7.08. The van der Waals surface area contributed by atoms with Gasteiger partial charge in [-0.05, 0) is 37.6 Å². The molecule has 1 heterocycles. The maximum Gasteiger partial charge on any atom is 0.230 e. The maximum atomic E-state index is 5.90.